The van der Waals surface area contributed by atoms with E-state index in [4.69, 9.17) is 0 Å². The molecule has 0 aromatic carbocycles. The Hall–Kier alpha value is -1.43. The van der Waals surface area contributed by atoms with E-state index in [-0.39, 0.29) is 11.5 Å². The van der Waals surface area contributed by atoms with Crippen LogP contribution >= 0.6 is 11.3 Å². The third kappa shape index (κ3) is 2.77. The molecule has 1 atom stereocenters. The number of rotatable bonds is 3. The van der Waals surface area contributed by atoms with E-state index in [1.54, 1.807) is 11.6 Å². The largest absolute Gasteiger partial charge is 0.345 e. The summed E-state index contributed by atoms with van der Waals surface area (Å²) in [6.45, 7) is 2.09. The van der Waals surface area contributed by atoms with E-state index in [2.05, 4.69) is 22.5 Å². The molecule has 23 heavy (non-hydrogen) atoms. The third-order valence-electron chi connectivity index (χ3n) is 6.21. The minimum atomic E-state index is -0.614. The maximum Gasteiger partial charge on any atom is 0.315 e. The molecule has 1 aromatic heterocycles. The minimum Gasteiger partial charge on any atom is -0.345 e. The highest BCUT2D eigenvalue weighted by molar-refractivity contribution is 7.13. The number of carbonyl (C=O) groups excluding carboxylic acids is 2. The number of anilines is 1. The molecule has 0 spiro atoms. The highest BCUT2D eigenvalue weighted by Crippen LogP contribution is 2.61. The molecule has 4 aliphatic carbocycles. The molecule has 4 bridgehead atoms. The SMILES string of the molecule is CC(NC(=O)C(=O)Nc1nccs1)C12CC3CC(CC(C3)C1)C2. The maximum atomic E-state index is 12.2. The van der Waals surface area contributed by atoms with Gasteiger partial charge in [-0.15, -0.1) is 11.3 Å². The van der Waals surface area contributed by atoms with Gasteiger partial charge in [-0.25, -0.2) is 4.98 Å². The van der Waals surface area contributed by atoms with E-state index >= 15 is 0 Å². The summed E-state index contributed by atoms with van der Waals surface area (Å²) in [6, 6.07) is 0.0606. The lowest BCUT2D eigenvalue weighted by Gasteiger charge is -2.59. The molecule has 2 amide bonds. The number of hydrogen-bond acceptors (Lipinski definition) is 4. The number of hydrogen-bond donors (Lipinski definition) is 2. The first-order chi connectivity index (χ1) is 11.0. The summed E-state index contributed by atoms with van der Waals surface area (Å²) < 4.78 is 0. The molecule has 4 aliphatic rings. The summed E-state index contributed by atoms with van der Waals surface area (Å²) >= 11 is 1.31. The van der Waals surface area contributed by atoms with Crippen molar-refractivity contribution in [2.75, 3.05) is 5.32 Å². The molecule has 1 heterocycles. The van der Waals surface area contributed by atoms with Crippen molar-refractivity contribution in [2.45, 2.75) is 51.5 Å². The normalized spacial score (nSPS) is 35.8. The second kappa shape index (κ2) is 5.58. The van der Waals surface area contributed by atoms with Gasteiger partial charge in [-0.1, -0.05) is 0 Å². The molecule has 0 aliphatic heterocycles. The summed E-state index contributed by atoms with van der Waals surface area (Å²) in [6.07, 6.45) is 9.40. The lowest BCUT2D eigenvalue weighted by molar-refractivity contribution is -0.138. The van der Waals surface area contributed by atoms with Gasteiger partial charge in [-0.2, -0.15) is 0 Å². The van der Waals surface area contributed by atoms with Crippen molar-refractivity contribution in [2.24, 2.45) is 23.2 Å². The number of nitrogens with zero attached hydrogens (tertiary/aromatic N) is 1. The molecule has 124 valence electrons. The van der Waals surface area contributed by atoms with Crippen LogP contribution in [0.3, 0.4) is 0 Å². The Morgan fingerprint density at radius 1 is 1.17 bits per heavy atom. The van der Waals surface area contributed by atoms with E-state index in [9.17, 15) is 9.59 Å². The first-order valence-corrected chi connectivity index (χ1v) is 9.43. The summed E-state index contributed by atoms with van der Waals surface area (Å²) in [7, 11) is 0. The Labute approximate surface area is 140 Å². The van der Waals surface area contributed by atoms with Crippen LogP contribution in [0.25, 0.3) is 0 Å². The topological polar surface area (TPSA) is 71.1 Å². The highest BCUT2D eigenvalue weighted by atomic mass is 32.1. The van der Waals surface area contributed by atoms with Crippen LogP contribution in [0.15, 0.2) is 11.6 Å². The van der Waals surface area contributed by atoms with Gasteiger partial charge >= 0.3 is 11.8 Å². The van der Waals surface area contributed by atoms with Gasteiger partial charge in [0.2, 0.25) is 0 Å². The number of amides is 2. The molecular formula is C17H23N3O2S. The Bertz CT molecular complexity index is 578. The third-order valence-corrected chi connectivity index (χ3v) is 6.90. The predicted molar refractivity (Wildman–Crippen MR) is 89.0 cm³/mol. The Balaban J connectivity index is 1.40. The maximum absolute atomic E-state index is 12.2. The van der Waals surface area contributed by atoms with Crippen molar-refractivity contribution in [3.63, 3.8) is 0 Å². The Kier molecular flexibility index (Phi) is 3.67. The van der Waals surface area contributed by atoms with Crippen molar-refractivity contribution < 1.29 is 9.59 Å². The molecule has 0 saturated heterocycles. The van der Waals surface area contributed by atoms with Gasteiger partial charge in [-0.05, 0) is 68.6 Å². The average Bonchev–Trinajstić information content (AvgIpc) is 2.98. The molecule has 5 nitrogen and oxygen atoms in total. The summed E-state index contributed by atoms with van der Waals surface area (Å²) in [4.78, 5) is 28.2. The van der Waals surface area contributed by atoms with Crippen LogP contribution in [0, 0.1) is 23.2 Å². The van der Waals surface area contributed by atoms with Crippen molar-refractivity contribution in [3.8, 4) is 0 Å². The van der Waals surface area contributed by atoms with E-state index in [1.165, 1.54) is 49.9 Å². The molecule has 5 rings (SSSR count). The Morgan fingerprint density at radius 3 is 2.30 bits per heavy atom. The first kappa shape index (κ1) is 15.1. The predicted octanol–water partition coefficient (Wildman–Crippen LogP) is 2.80. The molecule has 4 fully saturated rings. The molecule has 0 radical (unpaired) electrons. The van der Waals surface area contributed by atoms with Gasteiger partial charge < -0.3 is 5.32 Å². The van der Waals surface area contributed by atoms with E-state index < -0.39 is 11.8 Å². The van der Waals surface area contributed by atoms with Crippen molar-refractivity contribution in [3.05, 3.63) is 11.6 Å². The second-order valence-corrected chi connectivity index (χ2v) is 8.66. The van der Waals surface area contributed by atoms with Gasteiger partial charge in [-0.3, -0.25) is 14.9 Å². The van der Waals surface area contributed by atoms with Gasteiger partial charge in [0, 0.05) is 17.6 Å². The van der Waals surface area contributed by atoms with Crippen molar-refractivity contribution in [1.82, 2.24) is 10.3 Å². The van der Waals surface area contributed by atoms with Crippen LogP contribution in [0.2, 0.25) is 0 Å². The van der Waals surface area contributed by atoms with E-state index in [1.807, 2.05) is 0 Å². The molecule has 1 unspecified atom stereocenters. The van der Waals surface area contributed by atoms with Crippen molar-refractivity contribution >= 4 is 28.3 Å². The van der Waals surface area contributed by atoms with Crippen LogP contribution in [0.5, 0.6) is 0 Å². The first-order valence-electron chi connectivity index (χ1n) is 8.55. The summed E-state index contributed by atoms with van der Waals surface area (Å²) in [5.41, 5.74) is 0.214. The quantitative estimate of drug-likeness (QED) is 0.836. The van der Waals surface area contributed by atoms with Crippen molar-refractivity contribution in [1.29, 1.82) is 0 Å². The van der Waals surface area contributed by atoms with Gasteiger partial charge in [0.15, 0.2) is 5.13 Å². The van der Waals surface area contributed by atoms with Gasteiger partial charge in [0.25, 0.3) is 0 Å². The lowest BCUT2D eigenvalue weighted by atomic mass is 9.48. The van der Waals surface area contributed by atoms with Crippen LogP contribution < -0.4 is 10.6 Å². The monoisotopic (exact) mass is 333 g/mol. The van der Waals surface area contributed by atoms with Crippen LogP contribution in [-0.4, -0.2) is 22.8 Å². The molecular weight excluding hydrogens is 310 g/mol. The van der Waals surface area contributed by atoms with Gasteiger partial charge in [0.05, 0.1) is 0 Å². The second-order valence-electron chi connectivity index (χ2n) is 7.77. The summed E-state index contributed by atoms with van der Waals surface area (Å²) in [5.74, 6) is 1.36. The summed E-state index contributed by atoms with van der Waals surface area (Å²) in [5, 5.41) is 7.77. The number of aromatic nitrogens is 1. The number of nitrogens with one attached hydrogen (secondary N) is 2. The fourth-order valence-electron chi connectivity index (χ4n) is 5.56. The molecule has 2 N–H and O–H groups in total. The highest BCUT2D eigenvalue weighted by Gasteiger charge is 2.53. The number of carbonyl (C=O) groups is 2. The standard InChI is InChI=1S/C17H23N3O2S/c1-10(19-14(21)15(22)20-16-18-2-3-23-16)17-7-11-4-12(8-17)6-13(5-11)9-17/h2-3,10-13H,4-9H2,1H3,(H,19,21)(H,18,20,22). The minimum absolute atomic E-state index is 0.0606. The average molecular weight is 333 g/mol. The zero-order valence-corrected chi connectivity index (χ0v) is 14.2. The Morgan fingerprint density at radius 2 is 1.78 bits per heavy atom. The molecule has 1 aromatic rings. The fourth-order valence-corrected chi connectivity index (χ4v) is 6.09. The van der Waals surface area contributed by atoms with Crippen LogP contribution in [0.1, 0.15) is 45.4 Å². The zero-order chi connectivity index (χ0) is 16.0. The van der Waals surface area contributed by atoms with Gasteiger partial charge in [0.1, 0.15) is 0 Å². The zero-order valence-electron chi connectivity index (χ0n) is 13.4. The van der Waals surface area contributed by atoms with Crippen LogP contribution in [0.4, 0.5) is 5.13 Å². The van der Waals surface area contributed by atoms with E-state index in [0.717, 1.165) is 17.8 Å². The molecule has 6 heteroatoms. The lowest BCUT2D eigenvalue weighted by Crippen LogP contribution is -2.57. The van der Waals surface area contributed by atoms with Crippen LogP contribution in [-0.2, 0) is 9.59 Å². The smallest absolute Gasteiger partial charge is 0.315 e. The number of thiazole rings is 1. The molecule has 4 saturated carbocycles. The fraction of sp³-hybridized carbons (Fsp3) is 0.706. The van der Waals surface area contributed by atoms with E-state index in [0.29, 0.717) is 5.13 Å².